The SMILES string of the molecule is COc1ccc(CN2C(=O)SC[C@H]2C2(OC)CC(OC(=O)c3cccc(I)c3)CCO2)cc1. The van der Waals surface area contributed by atoms with E-state index in [0.717, 1.165) is 14.9 Å². The van der Waals surface area contributed by atoms with Crippen molar-refractivity contribution in [2.75, 3.05) is 26.6 Å². The van der Waals surface area contributed by atoms with Crippen LogP contribution in [0.25, 0.3) is 0 Å². The molecule has 1 amide bonds. The van der Waals surface area contributed by atoms with Crippen molar-refractivity contribution in [3.05, 3.63) is 63.2 Å². The Kier molecular flexibility index (Phi) is 7.83. The number of halogens is 1. The van der Waals surface area contributed by atoms with Gasteiger partial charge in [0, 0.05) is 35.8 Å². The van der Waals surface area contributed by atoms with E-state index >= 15 is 0 Å². The number of thioether (sulfide) groups is 1. The lowest BCUT2D eigenvalue weighted by Gasteiger charge is -2.45. The molecule has 2 fully saturated rings. The normalized spacial score (nSPS) is 25.2. The summed E-state index contributed by atoms with van der Waals surface area (Å²) in [4.78, 5) is 27.3. The van der Waals surface area contributed by atoms with E-state index in [0.29, 0.717) is 37.3 Å². The van der Waals surface area contributed by atoms with Crippen LogP contribution in [0.5, 0.6) is 5.75 Å². The maximum atomic E-state index is 12.8. The summed E-state index contributed by atoms with van der Waals surface area (Å²) in [6, 6.07) is 14.6. The molecule has 0 spiro atoms. The summed E-state index contributed by atoms with van der Waals surface area (Å²) in [7, 11) is 3.21. The van der Waals surface area contributed by atoms with Crippen molar-refractivity contribution in [3.8, 4) is 5.75 Å². The fraction of sp³-hybridized carbons (Fsp3) is 0.417. The van der Waals surface area contributed by atoms with Crippen LogP contribution in [0.2, 0.25) is 0 Å². The van der Waals surface area contributed by atoms with E-state index in [4.69, 9.17) is 18.9 Å². The number of amides is 1. The highest BCUT2D eigenvalue weighted by molar-refractivity contribution is 14.1. The van der Waals surface area contributed by atoms with E-state index in [1.807, 2.05) is 36.4 Å². The summed E-state index contributed by atoms with van der Waals surface area (Å²) in [6.45, 7) is 0.811. The molecule has 0 aromatic heterocycles. The third kappa shape index (κ3) is 5.47. The number of ether oxygens (including phenoxy) is 4. The first kappa shape index (κ1) is 24.3. The van der Waals surface area contributed by atoms with Gasteiger partial charge in [-0.15, -0.1) is 0 Å². The second-order valence-corrected chi connectivity index (χ2v) is 10.2. The van der Waals surface area contributed by atoms with E-state index in [-0.39, 0.29) is 23.4 Å². The Hall–Kier alpha value is -1.82. The molecule has 33 heavy (non-hydrogen) atoms. The summed E-state index contributed by atoms with van der Waals surface area (Å²) in [5.41, 5.74) is 1.50. The molecule has 0 saturated carbocycles. The lowest BCUT2D eigenvalue weighted by atomic mass is 9.95. The molecule has 0 N–H and O–H groups in total. The number of hydrogen-bond donors (Lipinski definition) is 0. The average molecular weight is 583 g/mol. The van der Waals surface area contributed by atoms with E-state index < -0.39 is 5.79 Å². The van der Waals surface area contributed by atoms with Gasteiger partial charge < -0.3 is 23.8 Å². The molecule has 2 aromatic rings. The highest BCUT2D eigenvalue weighted by Gasteiger charge is 2.52. The molecule has 2 heterocycles. The van der Waals surface area contributed by atoms with Gasteiger partial charge in [-0.25, -0.2) is 4.79 Å². The van der Waals surface area contributed by atoms with Crippen LogP contribution >= 0.6 is 34.4 Å². The number of carbonyl (C=O) groups excluding carboxylic acids is 2. The van der Waals surface area contributed by atoms with Crippen LogP contribution in [0, 0.1) is 3.57 Å². The Morgan fingerprint density at radius 2 is 2.03 bits per heavy atom. The predicted molar refractivity (Wildman–Crippen MR) is 133 cm³/mol. The summed E-state index contributed by atoms with van der Waals surface area (Å²) in [6.07, 6.45) is 0.566. The third-order valence-electron chi connectivity index (χ3n) is 5.97. The lowest BCUT2D eigenvalue weighted by molar-refractivity contribution is -0.280. The minimum Gasteiger partial charge on any atom is -0.497 e. The third-order valence-corrected chi connectivity index (χ3v) is 7.61. The number of methoxy groups -OCH3 is 2. The Bertz CT molecular complexity index is 1000. The Morgan fingerprint density at radius 3 is 2.73 bits per heavy atom. The van der Waals surface area contributed by atoms with Crippen molar-refractivity contribution >= 4 is 45.6 Å². The van der Waals surface area contributed by atoms with Crippen molar-refractivity contribution in [3.63, 3.8) is 0 Å². The zero-order valence-electron chi connectivity index (χ0n) is 18.5. The number of benzene rings is 2. The van der Waals surface area contributed by atoms with Gasteiger partial charge in [-0.05, 0) is 58.5 Å². The van der Waals surface area contributed by atoms with Gasteiger partial charge in [-0.3, -0.25) is 4.79 Å². The van der Waals surface area contributed by atoms with E-state index in [1.165, 1.54) is 11.8 Å². The smallest absolute Gasteiger partial charge is 0.338 e. The first-order chi connectivity index (χ1) is 15.9. The van der Waals surface area contributed by atoms with Crippen LogP contribution in [-0.2, 0) is 20.8 Å². The molecule has 0 radical (unpaired) electrons. The molecule has 3 atom stereocenters. The van der Waals surface area contributed by atoms with Gasteiger partial charge in [-0.2, -0.15) is 0 Å². The van der Waals surface area contributed by atoms with Gasteiger partial charge in [0.1, 0.15) is 11.9 Å². The molecule has 2 aliphatic rings. The fourth-order valence-electron chi connectivity index (χ4n) is 4.20. The molecule has 0 bridgehead atoms. The van der Waals surface area contributed by atoms with Crippen LogP contribution in [0.4, 0.5) is 4.79 Å². The molecule has 0 aliphatic carbocycles. The Balaban J connectivity index is 1.49. The summed E-state index contributed by atoms with van der Waals surface area (Å²) >= 11 is 3.42. The highest BCUT2D eigenvalue weighted by Crippen LogP contribution is 2.40. The number of carbonyl (C=O) groups is 2. The number of rotatable bonds is 7. The average Bonchev–Trinajstić information content (AvgIpc) is 3.20. The Morgan fingerprint density at radius 1 is 1.24 bits per heavy atom. The van der Waals surface area contributed by atoms with Crippen molar-refractivity contribution < 1.29 is 28.5 Å². The van der Waals surface area contributed by atoms with Crippen molar-refractivity contribution in [1.29, 1.82) is 0 Å². The number of esters is 1. The summed E-state index contributed by atoms with van der Waals surface area (Å²) in [5.74, 6) is -0.100. The minimum atomic E-state index is -1.04. The summed E-state index contributed by atoms with van der Waals surface area (Å²) < 4.78 is 24.1. The van der Waals surface area contributed by atoms with Crippen LogP contribution < -0.4 is 4.74 Å². The molecular formula is C24H26INO6S. The van der Waals surface area contributed by atoms with Crippen molar-refractivity contribution in [1.82, 2.24) is 4.90 Å². The second kappa shape index (κ2) is 10.6. The molecule has 2 aromatic carbocycles. The first-order valence-corrected chi connectivity index (χ1v) is 12.7. The predicted octanol–water partition coefficient (Wildman–Crippen LogP) is 4.72. The van der Waals surface area contributed by atoms with Crippen LogP contribution in [0.1, 0.15) is 28.8 Å². The van der Waals surface area contributed by atoms with Crippen LogP contribution in [0.15, 0.2) is 48.5 Å². The van der Waals surface area contributed by atoms with Crippen molar-refractivity contribution in [2.24, 2.45) is 0 Å². The zero-order chi connectivity index (χ0) is 23.4. The molecule has 7 nitrogen and oxygen atoms in total. The van der Waals surface area contributed by atoms with Gasteiger partial charge in [0.2, 0.25) is 0 Å². The standard InChI is InChI=1S/C24H26INO6S/c1-29-19-8-6-16(7-9-19)14-26-21(15-33-23(26)28)24(30-2)13-20(10-11-31-24)32-22(27)17-4-3-5-18(25)12-17/h3-9,12,20-21H,10-11,13-15H2,1-2H3/t20?,21-,24?/m0/s1. The molecule has 2 unspecified atom stereocenters. The Labute approximate surface area is 211 Å². The largest absolute Gasteiger partial charge is 0.497 e. The number of hydrogen-bond acceptors (Lipinski definition) is 7. The monoisotopic (exact) mass is 583 g/mol. The molecule has 9 heteroatoms. The van der Waals surface area contributed by atoms with E-state index in [1.54, 1.807) is 31.3 Å². The number of nitrogens with zero attached hydrogens (tertiary/aromatic N) is 1. The first-order valence-electron chi connectivity index (χ1n) is 10.7. The molecule has 176 valence electrons. The van der Waals surface area contributed by atoms with Crippen LogP contribution in [0.3, 0.4) is 0 Å². The fourth-order valence-corrected chi connectivity index (χ4v) is 5.84. The quantitative estimate of drug-likeness (QED) is 0.345. The maximum absolute atomic E-state index is 12.8. The van der Waals surface area contributed by atoms with Gasteiger partial charge >= 0.3 is 5.97 Å². The maximum Gasteiger partial charge on any atom is 0.338 e. The lowest BCUT2D eigenvalue weighted by Crippen LogP contribution is -2.58. The highest BCUT2D eigenvalue weighted by atomic mass is 127. The molecular weight excluding hydrogens is 557 g/mol. The van der Waals surface area contributed by atoms with Gasteiger partial charge in [0.25, 0.3) is 5.24 Å². The summed E-state index contributed by atoms with van der Waals surface area (Å²) in [5, 5.41) is -0.0196. The van der Waals surface area contributed by atoms with Crippen LogP contribution in [-0.4, -0.2) is 60.6 Å². The van der Waals surface area contributed by atoms with E-state index in [2.05, 4.69) is 22.6 Å². The zero-order valence-corrected chi connectivity index (χ0v) is 21.5. The van der Waals surface area contributed by atoms with Crippen molar-refractivity contribution in [2.45, 2.75) is 37.3 Å². The van der Waals surface area contributed by atoms with E-state index in [9.17, 15) is 9.59 Å². The molecule has 4 rings (SSSR count). The molecule has 2 aliphatic heterocycles. The van der Waals surface area contributed by atoms with Gasteiger partial charge in [0.15, 0.2) is 5.79 Å². The van der Waals surface area contributed by atoms with Gasteiger partial charge in [0.05, 0.1) is 25.3 Å². The second-order valence-electron chi connectivity index (χ2n) is 7.96. The molecule has 2 saturated heterocycles. The van der Waals surface area contributed by atoms with Gasteiger partial charge in [-0.1, -0.05) is 30.0 Å². The topological polar surface area (TPSA) is 74.3 Å². The minimum absolute atomic E-state index is 0.0196.